The molecule has 2 saturated heterocycles. The summed E-state index contributed by atoms with van der Waals surface area (Å²) in [6, 6.07) is 34.0. The van der Waals surface area contributed by atoms with Crippen LogP contribution in [-0.4, -0.2) is 107 Å². The van der Waals surface area contributed by atoms with Crippen molar-refractivity contribution < 1.29 is 109 Å². The van der Waals surface area contributed by atoms with Gasteiger partial charge in [-0.25, -0.2) is 0 Å². The largest absolute Gasteiger partial charge is 1.00 e. The molecule has 0 bridgehead atoms. The van der Waals surface area contributed by atoms with E-state index in [2.05, 4.69) is 55.6 Å². The van der Waals surface area contributed by atoms with Gasteiger partial charge >= 0.3 is 63.3 Å². The Bertz CT molecular complexity index is 2510. The number of carbonyl (C=O) groups is 6. The fraction of sp³-hybridized carbons (Fsp3) is 0.508. The van der Waals surface area contributed by atoms with E-state index in [-0.39, 0.29) is 137 Å². The van der Waals surface area contributed by atoms with Crippen molar-refractivity contribution >= 4 is 35.6 Å². The third-order valence-electron chi connectivity index (χ3n) is 14.7. The van der Waals surface area contributed by atoms with E-state index in [1.807, 2.05) is 72.7 Å². The number of amides is 4. The minimum Gasteiger partial charge on any atom is -0.587 e. The van der Waals surface area contributed by atoms with Crippen molar-refractivity contribution in [3.8, 4) is 0 Å². The summed E-state index contributed by atoms with van der Waals surface area (Å²) in [4.78, 5) is 72.9. The zero-order valence-corrected chi connectivity index (χ0v) is 49.2. The van der Waals surface area contributed by atoms with Crippen LogP contribution in [0.3, 0.4) is 0 Å². The van der Waals surface area contributed by atoms with Crippen LogP contribution in [0.2, 0.25) is 0 Å². The minimum absolute atomic E-state index is 0. The van der Waals surface area contributed by atoms with Gasteiger partial charge in [0.1, 0.15) is 13.2 Å². The van der Waals surface area contributed by atoms with E-state index in [9.17, 15) is 39.0 Å². The molecular formula is C61H77KN2O12. The van der Waals surface area contributed by atoms with Crippen molar-refractivity contribution in [2.45, 2.75) is 144 Å². The molecule has 4 heterocycles. The van der Waals surface area contributed by atoms with Gasteiger partial charge in [0.05, 0.1) is 76.9 Å². The number of ether oxygens (including phenoxy) is 4. The number of rotatable bonds is 17. The predicted molar refractivity (Wildman–Crippen MR) is 285 cm³/mol. The van der Waals surface area contributed by atoms with Crippen molar-refractivity contribution in [1.82, 2.24) is 4.90 Å². The average Bonchev–Trinajstić information content (AvgIpc) is 4.04. The fourth-order valence-corrected chi connectivity index (χ4v) is 10.1. The molecule has 404 valence electrons. The predicted octanol–water partition coefficient (Wildman–Crippen LogP) is 7.02. The molecule has 14 nitrogen and oxygen atoms in total. The molecule has 0 radical (unpaired) electrons. The molecule has 0 saturated carbocycles. The molecule has 4 amide bonds. The summed E-state index contributed by atoms with van der Waals surface area (Å²) in [5, 5.41) is 24.3. The number of aryl methyl sites for hydroxylation is 2. The van der Waals surface area contributed by atoms with Gasteiger partial charge in [0.2, 0.25) is 0 Å². The Morgan fingerprint density at radius 2 is 0.921 bits per heavy atom. The van der Waals surface area contributed by atoms with Crippen LogP contribution >= 0.6 is 0 Å². The maximum atomic E-state index is 12.7. The van der Waals surface area contributed by atoms with Crippen LogP contribution in [-0.2, 0) is 41.4 Å². The first-order valence-electron chi connectivity index (χ1n) is 26.5. The molecular weight excluding hydrogens is 992 g/mol. The number of imide groups is 2. The molecule has 10 atom stereocenters. The number of β-amino-alcohol motifs (C(OH)–C–C–N with tert-alkyl or cyclic N) is 1. The molecule has 4 aromatic rings. The molecule has 4 unspecified atom stereocenters. The molecule has 4 aliphatic rings. The number of aliphatic hydroxyl groups excluding tert-OH is 2. The average molecular weight is 1070 g/mol. The molecule has 8 rings (SSSR count). The second-order valence-electron chi connectivity index (χ2n) is 22.4. The molecule has 4 aromatic carbocycles. The quantitative estimate of drug-likeness (QED) is 0.0624. The summed E-state index contributed by atoms with van der Waals surface area (Å²) in [5.41, 5.74) is 2.99. The van der Waals surface area contributed by atoms with Gasteiger partial charge in [-0.1, -0.05) is 118 Å². The first kappa shape index (κ1) is 62.4. The van der Waals surface area contributed by atoms with Crippen LogP contribution in [0.15, 0.2) is 109 Å². The van der Waals surface area contributed by atoms with Gasteiger partial charge in [-0.05, 0) is 127 Å². The maximum Gasteiger partial charge on any atom is 1.00 e. The van der Waals surface area contributed by atoms with Crippen LogP contribution in [0.5, 0.6) is 0 Å². The van der Waals surface area contributed by atoms with Crippen LogP contribution < -0.4 is 51.4 Å². The van der Waals surface area contributed by atoms with Gasteiger partial charge in [-0.15, -0.1) is 0 Å². The summed E-state index contributed by atoms with van der Waals surface area (Å²) in [6.07, 6.45) is 3.39. The topological polar surface area (TPSA) is 197 Å². The normalized spacial score (nSPS) is 23.4. The Labute approximate surface area is 491 Å². The standard InChI is InChI=1S/C30H37NO6.C23H36O4.C8H5NO2.K/c1-19-22(15-14-20-10-6-5-7-11-20)26(18-36-29(35)30(2,3)4)37-25(19)16-21(32)17-31-27(33)23-12-8-9-13-24(23)28(31)34;1-6-18(24)14-20-16(2)19(13-12-17-10-8-7-9-11-17)21(27-20)15-26-22(25)23(3,4)5;10-7-5-3-1-2-4-6(5)8(11)9-7;/h5-13,19,21-22,25-26,32H,14-18H2,1-4H3;7-11,16,18-21,24H,6,12-15H2,1-5H3;1-4H,(H,9,10,11);/q;;;+1/p-1/t19-,21?,22?,25-,26+;16-,18?,19?,20-,21+;;/m11../s1. The Morgan fingerprint density at radius 3 is 1.29 bits per heavy atom. The van der Waals surface area contributed by atoms with Gasteiger partial charge < -0.3 is 44.1 Å². The summed E-state index contributed by atoms with van der Waals surface area (Å²) in [5.74, 6) is -1.22. The van der Waals surface area contributed by atoms with E-state index in [1.165, 1.54) is 11.1 Å². The number of hydrogen-bond acceptors (Lipinski definition) is 12. The summed E-state index contributed by atoms with van der Waals surface area (Å²) in [7, 11) is 0. The minimum atomic E-state index is -0.930. The third kappa shape index (κ3) is 16.8. The van der Waals surface area contributed by atoms with Crippen LogP contribution in [0.25, 0.3) is 5.32 Å². The Kier molecular flexibility index (Phi) is 23.4. The number of nitrogens with zero attached hydrogens (tertiary/aromatic N) is 2. The van der Waals surface area contributed by atoms with E-state index in [0.717, 1.165) is 37.0 Å². The molecule has 2 fully saturated rings. The second kappa shape index (κ2) is 28.5. The van der Waals surface area contributed by atoms with Crippen LogP contribution in [0, 0.1) is 34.5 Å². The number of hydrogen-bond donors (Lipinski definition) is 2. The van der Waals surface area contributed by atoms with Gasteiger partial charge in [-0.2, -0.15) is 0 Å². The van der Waals surface area contributed by atoms with E-state index >= 15 is 0 Å². The first-order valence-corrected chi connectivity index (χ1v) is 26.5. The monoisotopic (exact) mass is 1070 g/mol. The van der Waals surface area contributed by atoms with E-state index in [0.29, 0.717) is 47.1 Å². The fourth-order valence-electron chi connectivity index (χ4n) is 10.1. The molecule has 15 heteroatoms. The Morgan fingerprint density at radius 1 is 0.566 bits per heavy atom. The van der Waals surface area contributed by atoms with Crippen molar-refractivity contribution in [3.05, 3.63) is 148 Å². The van der Waals surface area contributed by atoms with Crippen molar-refractivity contribution in [1.29, 1.82) is 0 Å². The number of esters is 2. The SMILES string of the molecule is CCC(O)C[C@H]1O[C@@H](COC(=O)C(C)(C)C)C(CCc2ccccc2)[C@H]1C.C[C@@H]1C(CCc2ccccc2)[C@H](COC(=O)C(C)(C)C)O[C@@H]1CC(O)CN1C(=O)c2ccccc2C1=O.O=C1[N-]C(=O)c2ccccc21.[K+]. The zero-order chi connectivity index (χ0) is 54.6. The van der Waals surface area contributed by atoms with Gasteiger partial charge in [0, 0.05) is 17.5 Å². The van der Waals surface area contributed by atoms with Gasteiger partial charge in [-0.3, -0.25) is 24.1 Å². The maximum absolute atomic E-state index is 12.7. The molecule has 76 heavy (non-hydrogen) atoms. The van der Waals surface area contributed by atoms with Crippen molar-refractivity contribution in [3.63, 3.8) is 0 Å². The Balaban J connectivity index is 0.000000238. The summed E-state index contributed by atoms with van der Waals surface area (Å²) in [6.45, 7) is 17.7. The Hall–Kier alpha value is -4.42. The number of aliphatic hydroxyl groups is 2. The van der Waals surface area contributed by atoms with E-state index in [4.69, 9.17) is 18.9 Å². The second-order valence-corrected chi connectivity index (χ2v) is 22.4. The zero-order valence-electron chi connectivity index (χ0n) is 46.1. The number of fused-ring (bicyclic) bond motifs is 2. The van der Waals surface area contributed by atoms with Gasteiger partial charge in [0.25, 0.3) is 11.8 Å². The van der Waals surface area contributed by atoms with Crippen molar-refractivity contribution in [2.75, 3.05) is 19.8 Å². The molecule has 4 aliphatic heterocycles. The number of carbonyl (C=O) groups excluding carboxylic acids is 6. The third-order valence-corrected chi connectivity index (χ3v) is 14.7. The summed E-state index contributed by atoms with van der Waals surface area (Å²) < 4.78 is 23.8. The smallest absolute Gasteiger partial charge is 0.587 e. The molecule has 0 aliphatic carbocycles. The van der Waals surface area contributed by atoms with E-state index in [1.54, 1.807) is 48.5 Å². The van der Waals surface area contributed by atoms with Gasteiger partial charge in [0.15, 0.2) is 0 Å². The molecule has 2 N–H and O–H groups in total. The number of benzene rings is 4. The van der Waals surface area contributed by atoms with E-state index < -0.39 is 28.7 Å². The summed E-state index contributed by atoms with van der Waals surface area (Å²) >= 11 is 0. The molecule has 0 spiro atoms. The van der Waals surface area contributed by atoms with Crippen LogP contribution in [0.1, 0.15) is 147 Å². The molecule has 0 aromatic heterocycles. The van der Waals surface area contributed by atoms with Crippen molar-refractivity contribution in [2.24, 2.45) is 34.5 Å². The first-order chi connectivity index (χ1) is 35.6. The van der Waals surface area contributed by atoms with Crippen LogP contribution in [0.4, 0.5) is 0 Å².